The zero-order chi connectivity index (χ0) is 11.4. The molecule has 2 N–H and O–H groups in total. The maximum absolute atomic E-state index is 12.0. The number of carbonyl (C=O) groups is 1. The lowest BCUT2D eigenvalue weighted by Crippen LogP contribution is -2.43. The Labute approximate surface area is 108 Å². The van der Waals surface area contributed by atoms with E-state index in [9.17, 15) is 4.79 Å². The predicted octanol–water partition coefficient (Wildman–Crippen LogP) is 1.60. The molecule has 1 aromatic carbocycles. The van der Waals surface area contributed by atoms with E-state index in [-0.39, 0.29) is 24.4 Å². The molecule has 1 amide bonds. The van der Waals surface area contributed by atoms with Crippen LogP contribution >= 0.6 is 12.4 Å². The summed E-state index contributed by atoms with van der Waals surface area (Å²) in [7, 11) is 0. The van der Waals surface area contributed by atoms with Gasteiger partial charge in [-0.2, -0.15) is 0 Å². The number of nitrogens with zero attached hydrogens (tertiary/aromatic N) is 1. The van der Waals surface area contributed by atoms with Crippen molar-refractivity contribution in [3.8, 4) is 0 Å². The minimum atomic E-state index is 0. The fourth-order valence-electron chi connectivity index (χ4n) is 2.03. The highest BCUT2D eigenvalue weighted by Gasteiger charge is 2.20. The van der Waals surface area contributed by atoms with E-state index < -0.39 is 0 Å². The van der Waals surface area contributed by atoms with Gasteiger partial charge in [-0.15, -0.1) is 12.4 Å². The van der Waals surface area contributed by atoms with Crippen LogP contribution in [0.2, 0.25) is 0 Å². The zero-order valence-corrected chi connectivity index (χ0v) is 10.7. The van der Waals surface area contributed by atoms with E-state index >= 15 is 0 Å². The van der Waals surface area contributed by atoms with Crippen molar-refractivity contribution >= 4 is 18.3 Å². The van der Waals surface area contributed by atoms with Gasteiger partial charge in [-0.25, -0.2) is 0 Å². The van der Waals surface area contributed by atoms with Gasteiger partial charge in [0.1, 0.15) is 0 Å². The molecule has 0 atom stereocenters. The molecule has 0 saturated carbocycles. The number of carbonyl (C=O) groups excluding carboxylic acids is 1. The Kier molecular flexibility index (Phi) is 5.45. The minimum absolute atomic E-state index is 0. The lowest BCUT2D eigenvalue weighted by molar-refractivity contribution is -0.131. The lowest BCUT2D eigenvalue weighted by Gasteiger charge is -2.30. The quantitative estimate of drug-likeness (QED) is 0.872. The number of rotatable bonds is 2. The number of piperidine rings is 1. The monoisotopic (exact) mass is 254 g/mol. The van der Waals surface area contributed by atoms with E-state index in [1.807, 2.05) is 35.2 Å². The average molecular weight is 255 g/mol. The summed E-state index contributed by atoms with van der Waals surface area (Å²) in [6.07, 6.45) is 2.37. The van der Waals surface area contributed by atoms with Crippen molar-refractivity contribution in [2.45, 2.75) is 25.3 Å². The Morgan fingerprint density at radius 2 is 1.82 bits per heavy atom. The molecular formula is C13H19ClN2O. The molecular weight excluding hydrogens is 236 g/mol. The Bertz CT molecular complexity index is 348. The number of likely N-dealkylation sites (tertiary alicyclic amines) is 1. The van der Waals surface area contributed by atoms with Crippen LogP contribution in [0, 0.1) is 0 Å². The van der Waals surface area contributed by atoms with Gasteiger partial charge in [-0.05, 0) is 18.4 Å². The zero-order valence-electron chi connectivity index (χ0n) is 9.84. The molecule has 94 valence electrons. The van der Waals surface area contributed by atoms with E-state index in [0.717, 1.165) is 31.5 Å². The van der Waals surface area contributed by atoms with Gasteiger partial charge in [0.25, 0.3) is 0 Å². The summed E-state index contributed by atoms with van der Waals surface area (Å²) in [5.41, 5.74) is 6.90. The molecule has 2 rings (SSSR count). The SMILES string of the molecule is Cl.NC1CCN(C(=O)Cc2ccccc2)CC1. The number of benzene rings is 1. The van der Waals surface area contributed by atoms with E-state index in [1.54, 1.807) is 0 Å². The van der Waals surface area contributed by atoms with Crippen molar-refractivity contribution in [2.24, 2.45) is 5.73 Å². The normalized spacial score (nSPS) is 16.4. The summed E-state index contributed by atoms with van der Waals surface area (Å²) in [4.78, 5) is 13.9. The van der Waals surface area contributed by atoms with Gasteiger partial charge in [0.05, 0.1) is 6.42 Å². The third-order valence-electron chi connectivity index (χ3n) is 3.09. The Morgan fingerprint density at radius 1 is 1.24 bits per heavy atom. The van der Waals surface area contributed by atoms with Gasteiger partial charge in [0.15, 0.2) is 0 Å². The second-order valence-corrected chi connectivity index (χ2v) is 4.38. The fraction of sp³-hybridized carbons (Fsp3) is 0.462. The number of amides is 1. The molecule has 0 spiro atoms. The maximum atomic E-state index is 12.0. The molecule has 1 aliphatic rings. The topological polar surface area (TPSA) is 46.3 Å². The smallest absolute Gasteiger partial charge is 0.226 e. The highest BCUT2D eigenvalue weighted by atomic mass is 35.5. The molecule has 0 bridgehead atoms. The molecule has 0 unspecified atom stereocenters. The van der Waals surface area contributed by atoms with Crippen LogP contribution in [-0.4, -0.2) is 29.9 Å². The first-order valence-corrected chi connectivity index (χ1v) is 5.83. The molecule has 1 aliphatic heterocycles. The third kappa shape index (κ3) is 4.02. The fourth-order valence-corrected chi connectivity index (χ4v) is 2.03. The van der Waals surface area contributed by atoms with Crippen LogP contribution in [-0.2, 0) is 11.2 Å². The minimum Gasteiger partial charge on any atom is -0.342 e. The first-order valence-electron chi connectivity index (χ1n) is 5.83. The van der Waals surface area contributed by atoms with Crippen molar-refractivity contribution in [1.29, 1.82) is 0 Å². The van der Waals surface area contributed by atoms with Crippen LogP contribution in [0.1, 0.15) is 18.4 Å². The summed E-state index contributed by atoms with van der Waals surface area (Å²) >= 11 is 0. The number of nitrogens with two attached hydrogens (primary N) is 1. The standard InChI is InChI=1S/C13H18N2O.ClH/c14-12-6-8-15(9-7-12)13(16)10-11-4-2-1-3-5-11;/h1-5,12H,6-10,14H2;1H. The molecule has 0 aromatic heterocycles. The van der Waals surface area contributed by atoms with Crippen LogP contribution in [0.5, 0.6) is 0 Å². The number of halogens is 1. The van der Waals surface area contributed by atoms with Gasteiger partial charge in [-0.3, -0.25) is 4.79 Å². The maximum Gasteiger partial charge on any atom is 0.226 e. The van der Waals surface area contributed by atoms with Crippen LogP contribution in [0.25, 0.3) is 0 Å². The molecule has 0 aliphatic carbocycles. The second kappa shape index (κ2) is 6.62. The average Bonchev–Trinajstić information content (AvgIpc) is 2.31. The molecule has 1 aromatic rings. The van der Waals surface area contributed by atoms with E-state index in [2.05, 4.69) is 0 Å². The van der Waals surface area contributed by atoms with Gasteiger partial charge < -0.3 is 10.6 Å². The molecule has 1 heterocycles. The molecule has 17 heavy (non-hydrogen) atoms. The van der Waals surface area contributed by atoms with Crippen LogP contribution in [0.4, 0.5) is 0 Å². The van der Waals surface area contributed by atoms with Gasteiger partial charge in [-0.1, -0.05) is 30.3 Å². The van der Waals surface area contributed by atoms with E-state index in [0.29, 0.717) is 6.42 Å². The van der Waals surface area contributed by atoms with E-state index in [1.165, 1.54) is 0 Å². The Balaban J connectivity index is 0.00000144. The van der Waals surface area contributed by atoms with Crippen LogP contribution < -0.4 is 5.73 Å². The lowest BCUT2D eigenvalue weighted by atomic mass is 10.0. The summed E-state index contributed by atoms with van der Waals surface area (Å²) < 4.78 is 0. The predicted molar refractivity (Wildman–Crippen MR) is 71.2 cm³/mol. The molecule has 0 radical (unpaired) electrons. The number of hydrogen-bond acceptors (Lipinski definition) is 2. The summed E-state index contributed by atoms with van der Waals surface area (Å²) in [6, 6.07) is 10.2. The molecule has 1 fully saturated rings. The Morgan fingerprint density at radius 3 is 2.41 bits per heavy atom. The molecule has 1 saturated heterocycles. The summed E-state index contributed by atoms with van der Waals surface area (Å²) in [5.74, 6) is 0.220. The summed E-state index contributed by atoms with van der Waals surface area (Å²) in [6.45, 7) is 1.62. The first-order chi connectivity index (χ1) is 7.75. The van der Waals surface area contributed by atoms with Gasteiger partial charge >= 0.3 is 0 Å². The van der Waals surface area contributed by atoms with Crippen molar-refractivity contribution in [2.75, 3.05) is 13.1 Å². The molecule has 3 nitrogen and oxygen atoms in total. The summed E-state index contributed by atoms with van der Waals surface area (Å²) in [5, 5.41) is 0. The highest BCUT2D eigenvalue weighted by Crippen LogP contribution is 2.10. The van der Waals surface area contributed by atoms with Gasteiger partial charge in [0, 0.05) is 19.1 Å². The second-order valence-electron chi connectivity index (χ2n) is 4.38. The largest absolute Gasteiger partial charge is 0.342 e. The van der Waals surface area contributed by atoms with Crippen molar-refractivity contribution in [3.05, 3.63) is 35.9 Å². The van der Waals surface area contributed by atoms with Gasteiger partial charge in [0.2, 0.25) is 5.91 Å². The third-order valence-corrected chi connectivity index (χ3v) is 3.09. The number of hydrogen-bond donors (Lipinski definition) is 1. The molecule has 4 heteroatoms. The first kappa shape index (κ1) is 14.0. The highest BCUT2D eigenvalue weighted by molar-refractivity contribution is 5.85. The Hall–Kier alpha value is -1.06. The van der Waals surface area contributed by atoms with Crippen LogP contribution in [0.3, 0.4) is 0 Å². The van der Waals surface area contributed by atoms with Crippen molar-refractivity contribution in [1.82, 2.24) is 4.90 Å². The van der Waals surface area contributed by atoms with E-state index in [4.69, 9.17) is 5.73 Å². The van der Waals surface area contributed by atoms with Crippen LogP contribution in [0.15, 0.2) is 30.3 Å². The van der Waals surface area contributed by atoms with Crippen molar-refractivity contribution in [3.63, 3.8) is 0 Å². The van der Waals surface area contributed by atoms with Crippen molar-refractivity contribution < 1.29 is 4.79 Å².